The first-order valence-corrected chi connectivity index (χ1v) is 12.7. The summed E-state index contributed by atoms with van der Waals surface area (Å²) in [5, 5.41) is 18.6. The number of hydrogen-bond acceptors (Lipinski definition) is 6. The van der Waals surface area contributed by atoms with E-state index in [1.165, 1.54) is 22.2 Å². The first-order valence-electron chi connectivity index (χ1n) is 11.7. The van der Waals surface area contributed by atoms with Crippen LogP contribution in [0.25, 0.3) is 0 Å². The first-order chi connectivity index (χ1) is 17.7. The van der Waals surface area contributed by atoms with E-state index in [2.05, 4.69) is 35.3 Å². The molecule has 0 bridgehead atoms. The summed E-state index contributed by atoms with van der Waals surface area (Å²) in [4.78, 5) is 14.5. The molecule has 0 saturated carbocycles. The number of aryl methyl sites for hydroxylation is 1. The molecule has 0 atom stereocenters. The molecule has 0 fully saturated rings. The number of ether oxygens (including phenoxy) is 1. The summed E-state index contributed by atoms with van der Waals surface area (Å²) < 4.78 is 7.97. The van der Waals surface area contributed by atoms with Crippen molar-refractivity contribution in [2.24, 2.45) is 0 Å². The van der Waals surface area contributed by atoms with Crippen molar-refractivity contribution in [3.8, 4) is 11.8 Å². The van der Waals surface area contributed by atoms with Gasteiger partial charge in [-0.15, -0.1) is 10.2 Å². The van der Waals surface area contributed by atoms with Gasteiger partial charge in [0.25, 0.3) is 0 Å². The smallest absolute Gasteiger partial charge is 0.238 e. The molecule has 3 aromatic carbocycles. The van der Waals surface area contributed by atoms with Crippen molar-refractivity contribution in [1.29, 1.82) is 5.26 Å². The molecule has 4 aromatic rings. The summed E-state index contributed by atoms with van der Waals surface area (Å²) in [6, 6.07) is 29.3. The van der Waals surface area contributed by atoms with Crippen molar-refractivity contribution in [2.45, 2.75) is 31.7 Å². The molecule has 0 aliphatic carbocycles. The molecule has 0 saturated heterocycles. The third-order valence-electron chi connectivity index (χ3n) is 5.60. The fourth-order valence-electron chi connectivity index (χ4n) is 3.63. The predicted octanol–water partition coefficient (Wildman–Crippen LogP) is 5.12. The lowest BCUT2D eigenvalue weighted by molar-refractivity contribution is -0.116. The Hall–Kier alpha value is -4.09. The van der Waals surface area contributed by atoms with E-state index in [0.717, 1.165) is 17.7 Å². The molecule has 1 amide bonds. The number of hydrogen-bond donors (Lipinski definition) is 0. The Labute approximate surface area is 215 Å². The molecule has 0 aliphatic rings. The number of nitrogens with zero attached hydrogens (tertiary/aromatic N) is 5. The second-order valence-corrected chi connectivity index (χ2v) is 8.96. The number of carbonyl (C=O) groups excluding carboxylic acids is 1. The van der Waals surface area contributed by atoms with Gasteiger partial charge in [0, 0.05) is 5.69 Å². The molecule has 1 heterocycles. The molecule has 0 unspecified atom stereocenters. The number of aromatic nitrogens is 3. The molecule has 0 aliphatic heterocycles. The van der Waals surface area contributed by atoms with E-state index in [4.69, 9.17) is 4.74 Å². The topological polar surface area (TPSA) is 84.0 Å². The van der Waals surface area contributed by atoms with Crippen molar-refractivity contribution in [2.75, 3.05) is 17.2 Å². The molecule has 0 N–H and O–H groups in total. The van der Waals surface area contributed by atoms with Crippen LogP contribution in [0.15, 0.2) is 90.1 Å². The zero-order valence-corrected chi connectivity index (χ0v) is 20.9. The largest absolute Gasteiger partial charge is 0.486 e. The van der Waals surface area contributed by atoms with Crippen LogP contribution in [0.2, 0.25) is 0 Å². The average Bonchev–Trinajstić information content (AvgIpc) is 3.31. The molecule has 0 spiro atoms. The fraction of sp³-hybridized carbons (Fsp3) is 0.214. The average molecular weight is 498 g/mol. The fourth-order valence-corrected chi connectivity index (χ4v) is 4.47. The van der Waals surface area contributed by atoms with E-state index < -0.39 is 0 Å². The maximum Gasteiger partial charge on any atom is 0.238 e. The van der Waals surface area contributed by atoms with Crippen molar-refractivity contribution in [1.82, 2.24) is 14.8 Å². The SMILES string of the molecule is CCc1ccc(OCc2nnc(SCC(=O)N(CC#N)c3ccccc3)n2Cc2ccccc2)cc1. The number of anilines is 1. The predicted molar refractivity (Wildman–Crippen MR) is 141 cm³/mol. The second kappa shape index (κ2) is 12.6. The Bertz CT molecular complexity index is 1300. The minimum Gasteiger partial charge on any atom is -0.486 e. The number of nitriles is 1. The van der Waals surface area contributed by atoms with Gasteiger partial charge in [-0.3, -0.25) is 14.3 Å². The maximum atomic E-state index is 13.0. The lowest BCUT2D eigenvalue weighted by Gasteiger charge is -2.19. The van der Waals surface area contributed by atoms with Gasteiger partial charge in [-0.05, 0) is 41.8 Å². The Morgan fingerprint density at radius 1 is 0.972 bits per heavy atom. The van der Waals surface area contributed by atoms with Gasteiger partial charge in [0.05, 0.1) is 18.4 Å². The van der Waals surface area contributed by atoms with E-state index in [1.807, 2.05) is 77.4 Å². The highest BCUT2D eigenvalue weighted by molar-refractivity contribution is 7.99. The second-order valence-electron chi connectivity index (χ2n) is 8.02. The summed E-state index contributed by atoms with van der Waals surface area (Å²) in [7, 11) is 0. The standard InChI is InChI=1S/C28H27N5O2S/c1-2-22-13-15-25(16-14-22)35-20-26-30-31-28(33(26)19-23-9-5-3-6-10-23)36-21-27(34)32(18-17-29)24-11-7-4-8-12-24/h3-16H,2,18-21H2,1H3. The zero-order valence-electron chi connectivity index (χ0n) is 20.1. The molecular formula is C28H27N5O2S. The summed E-state index contributed by atoms with van der Waals surface area (Å²) >= 11 is 1.30. The Morgan fingerprint density at radius 2 is 1.67 bits per heavy atom. The van der Waals surface area contributed by atoms with Crippen molar-refractivity contribution >= 4 is 23.4 Å². The van der Waals surface area contributed by atoms with Crippen molar-refractivity contribution in [3.05, 3.63) is 102 Å². The third-order valence-corrected chi connectivity index (χ3v) is 6.55. The van der Waals surface area contributed by atoms with Gasteiger partial charge < -0.3 is 4.74 Å². The number of rotatable bonds is 11. The van der Waals surface area contributed by atoms with E-state index in [1.54, 1.807) is 0 Å². The van der Waals surface area contributed by atoms with Crippen LogP contribution < -0.4 is 9.64 Å². The minimum absolute atomic E-state index is 0.0178. The van der Waals surface area contributed by atoms with Gasteiger partial charge in [0.2, 0.25) is 5.91 Å². The van der Waals surface area contributed by atoms with Gasteiger partial charge >= 0.3 is 0 Å². The minimum atomic E-state index is -0.171. The molecule has 182 valence electrons. The number of amides is 1. The van der Waals surface area contributed by atoms with Crippen molar-refractivity contribution < 1.29 is 9.53 Å². The Balaban J connectivity index is 1.50. The van der Waals surface area contributed by atoms with Crippen LogP contribution in [0.5, 0.6) is 5.75 Å². The Morgan fingerprint density at radius 3 is 2.33 bits per heavy atom. The lowest BCUT2D eigenvalue weighted by Crippen LogP contribution is -2.32. The summed E-state index contributed by atoms with van der Waals surface area (Å²) in [6.45, 7) is 2.91. The monoisotopic (exact) mass is 497 g/mol. The molecular weight excluding hydrogens is 470 g/mol. The van der Waals surface area contributed by atoms with Gasteiger partial charge in [0.15, 0.2) is 11.0 Å². The number of para-hydroxylation sites is 1. The highest BCUT2D eigenvalue weighted by Gasteiger charge is 2.19. The summed E-state index contributed by atoms with van der Waals surface area (Å²) in [6.07, 6.45) is 0.973. The summed E-state index contributed by atoms with van der Waals surface area (Å²) in [5.74, 6) is 1.39. The molecule has 0 radical (unpaired) electrons. The van der Waals surface area contributed by atoms with E-state index in [0.29, 0.717) is 23.2 Å². The zero-order chi connectivity index (χ0) is 25.2. The van der Waals surface area contributed by atoms with Crippen LogP contribution in [-0.4, -0.2) is 33.0 Å². The molecule has 8 heteroatoms. The number of thioether (sulfide) groups is 1. The van der Waals surface area contributed by atoms with Crippen molar-refractivity contribution in [3.63, 3.8) is 0 Å². The molecule has 36 heavy (non-hydrogen) atoms. The van der Waals surface area contributed by atoms with Crippen LogP contribution in [0.3, 0.4) is 0 Å². The normalized spacial score (nSPS) is 10.6. The molecule has 7 nitrogen and oxygen atoms in total. The van der Waals surface area contributed by atoms with Crippen LogP contribution in [-0.2, 0) is 24.4 Å². The highest BCUT2D eigenvalue weighted by Crippen LogP contribution is 2.22. The van der Waals surface area contributed by atoms with Crippen LogP contribution in [0, 0.1) is 11.3 Å². The molecule has 1 aromatic heterocycles. The van der Waals surface area contributed by atoms with Gasteiger partial charge in [0.1, 0.15) is 18.9 Å². The van der Waals surface area contributed by atoms with Crippen LogP contribution in [0.1, 0.15) is 23.9 Å². The van der Waals surface area contributed by atoms with Crippen LogP contribution >= 0.6 is 11.8 Å². The lowest BCUT2D eigenvalue weighted by atomic mass is 10.2. The first kappa shape index (κ1) is 25.0. The maximum absolute atomic E-state index is 13.0. The van der Waals surface area contributed by atoms with E-state index in [-0.39, 0.29) is 24.8 Å². The van der Waals surface area contributed by atoms with E-state index >= 15 is 0 Å². The van der Waals surface area contributed by atoms with Gasteiger partial charge in [-0.1, -0.05) is 79.3 Å². The van der Waals surface area contributed by atoms with E-state index in [9.17, 15) is 10.1 Å². The number of benzene rings is 3. The quantitative estimate of drug-likeness (QED) is 0.211. The van der Waals surface area contributed by atoms with Crippen LogP contribution in [0.4, 0.5) is 5.69 Å². The Kier molecular flexibility index (Phi) is 8.73. The number of carbonyl (C=O) groups is 1. The third kappa shape index (κ3) is 6.52. The van der Waals surface area contributed by atoms with Gasteiger partial charge in [-0.2, -0.15) is 5.26 Å². The highest BCUT2D eigenvalue weighted by atomic mass is 32.2. The summed E-state index contributed by atoms with van der Waals surface area (Å²) in [5.41, 5.74) is 3.03. The molecule has 4 rings (SSSR count). The van der Waals surface area contributed by atoms with Gasteiger partial charge in [-0.25, -0.2) is 0 Å².